The molecule has 0 spiro atoms. The van der Waals surface area contributed by atoms with E-state index in [-0.39, 0.29) is 18.0 Å². The summed E-state index contributed by atoms with van der Waals surface area (Å²) in [6, 6.07) is 6.19. The Kier molecular flexibility index (Phi) is 8.65. The van der Waals surface area contributed by atoms with Gasteiger partial charge in [0.15, 0.2) is 0 Å². The summed E-state index contributed by atoms with van der Waals surface area (Å²) < 4.78 is 7.35. The number of imidazole rings is 1. The molecule has 0 bridgehead atoms. The number of hydrogen-bond acceptors (Lipinski definition) is 6. The van der Waals surface area contributed by atoms with Crippen molar-refractivity contribution >= 4 is 44.9 Å². The number of nitrogens with zero attached hydrogens (tertiary/aromatic N) is 4. The minimum Gasteiger partial charge on any atom is -0.444 e. The van der Waals surface area contributed by atoms with Gasteiger partial charge >= 0.3 is 6.09 Å². The Morgan fingerprint density at radius 2 is 1.89 bits per heavy atom. The van der Waals surface area contributed by atoms with E-state index in [1.54, 1.807) is 4.98 Å². The largest absolute Gasteiger partial charge is 0.444 e. The molecule has 2 aliphatic rings. The smallest absolute Gasteiger partial charge is 0.407 e. The molecular weight excluding hydrogens is 512 g/mol. The minimum atomic E-state index is -0.515. The van der Waals surface area contributed by atoms with Crippen LogP contribution in [0.1, 0.15) is 82.1 Å². The van der Waals surface area contributed by atoms with Crippen LogP contribution in [0.25, 0.3) is 11.0 Å². The van der Waals surface area contributed by atoms with Crippen molar-refractivity contribution in [3.05, 3.63) is 23.8 Å². The van der Waals surface area contributed by atoms with Crippen molar-refractivity contribution in [2.45, 2.75) is 89.4 Å². The summed E-state index contributed by atoms with van der Waals surface area (Å²) in [7, 11) is 1.90. The van der Waals surface area contributed by atoms with Crippen LogP contribution >= 0.6 is 15.9 Å². The summed E-state index contributed by atoms with van der Waals surface area (Å²) in [6.45, 7) is 5.54. The van der Waals surface area contributed by atoms with Crippen molar-refractivity contribution in [2.24, 2.45) is 0 Å². The number of hydrogen-bond donors (Lipinski definition) is 2. The quantitative estimate of drug-likeness (QED) is 0.548. The molecule has 0 radical (unpaired) electrons. The number of nitrogens with one attached hydrogen (secondary N) is 1. The van der Waals surface area contributed by atoms with Gasteiger partial charge in [-0.1, -0.05) is 19.3 Å². The maximum absolute atomic E-state index is 13.0. The Balaban J connectivity index is 0.00000108. The maximum atomic E-state index is 13.0. The number of amides is 2. The van der Waals surface area contributed by atoms with E-state index in [1.165, 1.54) is 19.3 Å². The normalized spacial score (nSPS) is 20.1. The number of nitrogen functional groups attached to an aromatic ring is 1. The van der Waals surface area contributed by atoms with Crippen LogP contribution in [-0.2, 0) is 4.74 Å². The van der Waals surface area contributed by atoms with E-state index in [1.807, 2.05) is 55.5 Å². The van der Waals surface area contributed by atoms with Crippen LogP contribution < -0.4 is 11.1 Å². The molecule has 0 atom stereocenters. The van der Waals surface area contributed by atoms with Crippen molar-refractivity contribution in [1.82, 2.24) is 19.8 Å². The molecule has 1 heterocycles. The molecule has 0 unspecified atom stereocenters. The van der Waals surface area contributed by atoms with Crippen LogP contribution in [0.5, 0.6) is 0 Å². The van der Waals surface area contributed by atoms with Gasteiger partial charge in [-0.15, -0.1) is 0 Å². The fraction of sp³-hybridized carbons (Fsp3) is 0.600. The molecule has 190 valence electrons. The molecule has 2 aromatic rings. The van der Waals surface area contributed by atoms with Crippen molar-refractivity contribution in [2.75, 3.05) is 12.8 Å². The van der Waals surface area contributed by atoms with E-state index >= 15 is 0 Å². The van der Waals surface area contributed by atoms with Gasteiger partial charge in [0.25, 0.3) is 5.91 Å². The summed E-state index contributed by atoms with van der Waals surface area (Å²) in [4.78, 5) is 33.0. The molecule has 2 aliphatic carbocycles. The Labute approximate surface area is 215 Å². The molecule has 3 N–H and O–H groups in total. The van der Waals surface area contributed by atoms with Gasteiger partial charge in [0.1, 0.15) is 10.6 Å². The number of nitriles is 1. The number of benzene rings is 1. The number of carbonyl (C=O) groups excluding carboxylic acids is 2. The Bertz CT molecular complexity index is 1090. The van der Waals surface area contributed by atoms with Gasteiger partial charge in [0.05, 0.1) is 11.0 Å². The van der Waals surface area contributed by atoms with Crippen LogP contribution in [0.3, 0.4) is 0 Å². The monoisotopic (exact) mass is 546 g/mol. The molecule has 0 saturated heterocycles. The van der Waals surface area contributed by atoms with Gasteiger partial charge in [-0.05, 0) is 64.7 Å². The van der Waals surface area contributed by atoms with E-state index in [4.69, 9.17) is 15.7 Å². The zero-order chi connectivity index (χ0) is 25.8. The van der Waals surface area contributed by atoms with E-state index in [0.29, 0.717) is 17.6 Å². The molecule has 2 amide bonds. The predicted molar refractivity (Wildman–Crippen MR) is 139 cm³/mol. The molecule has 1 aromatic carbocycles. The van der Waals surface area contributed by atoms with Crippen molar-refractivity contribution in [3.63, 3.8) is 0 Å². The van der Waals surface area contributed by atoms with Crippen molar-refractivity contribution in [1.29, 1.82) is 5.26 Å². The lowest BCUT2D eigenvalue weighted by Crippen LogP contribution is -2.46. The van der Waals surface area contributed by atoms with Gasteiger partial charge < -0.3 is 25.3 Å². The summed E-state index contributed by atoms with van der Waals surface area (Å²) in [5, 5.41) is 10.2. The minimum absolute atomic E-state index is 0.0391. The Morgan fingerprint density at radius 3 is 2.49 bits per heavy atom. The van der Waals surface area contributed by atoms with Crippen LogP contribution in [0.15, 0.2) is 18.2 Å². The molecule has 35 heavy (non-hydrogen) atoms. The van der Waals surface area contributed by atoms with Gasteiger partial charge in [0.2, 0.25) is 5.95 Å². The lowest BCUT2D eigenvalue weighted by atomic mass is 9.86. The third-order valence-corrected chi connectivity index (χ3v) is 6.61. The third kappa shape index (κ3) is 6.66. The van der Waals surface area contributed by atoms with Gasteiger partial charge in [-0.3, -0.25) is 4.79 Å². The van der Waals surface area contributed by atoms with Gasteiger partial charge in [-0.2, -0.15) is 5.26 Å². The standard InChI is InChI=1S/C24H35N5O3.CBrN/c1-24(2,3)32-23(31)26-16-13-18(14-16)29-20-11-10-15(12-19(20)27-22(29)25)21(30)28(4)17-8-6-5-7-9-17;2-1-3/h10-12,16-18H,5-9,13-14H2,1-4H3,(H2,25,27)(H,26,31);. The number of fused-ring (bicyclic) bond motifs is 1. The molecule has 2 saturated carbocycles. The van der Waals surface area contributed by atoms with Crippen LogP contribution in [0, 0.1) is 10.2 Å². The lowest BCUT2D eigenvalue weighted by molar-refractivity contribution is 0.0458. The molecule has 4 rings (SSSR count). The fourth-order valence-corrected chi connectivity index (χ4v) is 4.86. The first-order chi connectivity index (χ1) is 16.5. The number of halogens is 1. The zero-order valence-corrected chi connectivity index (χ0v) is 22.5. The highest BCUT2D eigenvalue weighted by Gasteiger charge is 2.35. The Morgan fingerprint density at radius 1 is 1.26 bits per heavy atom. The highest BCUT2D eigenvalue weighted by molar-refractivity contribution is 9.12. The molecule has 9 nitrogen and oxygen atoms in total. The van der Waals surface area contributed by atoms with Crippen molar-refractivity contribution in [3.8, 4) is 4.98 Å². The molecule has 10 heteroatoms. The van der Waals surface area contributed by atoms with Crippen molar-refractivity contribution < 1.29 is 14.3 Å². The number of ether oxygens (including phenoxy) is 1. The third-order valence-electron chi connectivity index (χ3n) is 6.61. The van der Waals surface area contributed by atoms with E-state index in [9.17, 15) is 9.59 Å². The number of nitrogens with two attached hydrogens (primary N) is 1. The van der Waals surface area contributed by atoms with E-state index in [2.05, 4.69) is 26.2 Å². The first-order valence-electron chi connectivity index (χ1n) is 12.1. The van der Waals surface area contributed by atoms with Gasteiger partial charge in [-0.25, -0.2) is 9.78 Å². The topological polar surface area (TPSA) is 126 Å². The first kappa shape index (κ1) is 26.8. The summed E-state index contributed by atoms with van der Waals surface area (Å²) in [5.41, 5.74) is 8.02. The van der Waals surface area contributed by atoms with Gasteiger partial charge in [0, 0.05) is 46.7 Å². The van der Waals surface area contributed by atoms with Crippen LogP contribution in [0.4, 0.5) is 10.7 Å². The fourth-order valence-electron chi connectivity index (χ4n) is 4.86. The maximum Gasteiger partial charge on any atom is 0.407 e. The second-order valence-electron chi connectivity index (χ2n) is 10.3. The lowest BCUT2D eigenvalue weighted by Gasteiger charge is -2.37. The zero-order valence-electron chi connectivity index (χ0n) is 20.9. The molecule has 2 fully saturated rings. The van der Waals surface area contributed by atoms with Crippen LogP contribution in [0.2, 0.25) is 0 Å². The summed E-state index contributed by atoms with van der Waals surface area (Å²) >= 11 is 2.45. The Hall–Kier alpha value is -2.80. The molecule has 0 aliphatic heterocycles. The first-order valence-corrected chi connectivity index (χ1v) is 12.9. The predicted octanol–water partition coefficient (Wildman–Crippen LogP) is 5.11. The highest BCUT2D eigenvalue weighted by Crippen LogP contribution is 2.37. The van der Waals surface area contributed by atoms with E-state index < -0.39 is 11.7 Å². The second kappa shape index (κ2) is 11.3. The number of alkyl carbamates (subject to hydrolysis) is 1. The number of rotatable bonds is 4. The van der Waals surface area contributed by atoms with Crippen LogP contribution in [-0.4, -0.2) is 51.2 Å². The molecular formula is C25H35BrN6O3. The number of anilines is 1. The highest BCUT2D eigenvalue weighted by atomic mass is 79.9. The number of aromatic nitrogens is 2. The average molecular weight is 547 g/mol. The number of carbonyl (C=O) groups is 2. The molecule has 1 aromatic heterocycles. The summed E-state index contributed by atoms with van der Waals surface area (Å²) in [6.07, 6.45) is 6.92. The summed E-state index contributed by atoms with van der Waals surface area (Å²) in [5.74, 6) is 0.475. The average Bonchev–Trinajstić information content (AvgIpc) is 3.09. The SMILES string of the molecule is CN(C(=O)c1ccc2c(c1)nc(N)n2C1CC(NC(=O)OC(C)(C)C)C1)C1CCCCC1.N#CBr. The second-order valence-corrected chi connectivity index (χ2v) is 10.7. The van der Waals surface area contributed by atoms with E-state index in [0.717, 1.165) is 36.7 Å².